The van der Waals surface area contributed by atoms with E-state index in [0.717, 1.165) is 51.4 Å². The van der Waals surface area contributed by atoms with Gasteiger partial charge in [-0.25, -0.2) is 4.79 Å². The van der Waals surface area contributed by atoms with Crippen molar-refractivity contribution in [1.29, 1.82) is 0 Å². The zero-order chi connectivity index (χ0) is 42.8. The number of ether oxygens (including phenoxy) is 3. The smallest absolute Gasteiger partial charge is 0.362 e. The molecule has 0 aromatic heterocycles. The van der Waals surface area contributed by atoms with Crippen molar-refractivity contribution in [1.82, 2.24) is 0 Å². The molecule has 324 valence electrons. The van der Waals surface area contributed by atoms with E-state index in [1.165, 1.54) is 25.7 Å². The standard InChI is InChI=1S/C50H77NO7/c1-6-8-10-12-14-16-18-20-21-22-23-24-25-26-27-29-31-33-35-37-39-41-49(53)58-46(44-56-43-42-47(50(54)55)51(3,4)5)45-57-48(52)40-38-36-34-32-30-28-19-17-15-13-11-9-7-2/h9,11,13-17,19-21,23-24,26-28,30-34,46-47H,6-8,10,12,18,22,25,29,35-45H2,1-5H3/p+1/b11-9+,15-13+,16-14+,19-17+,21-20+,24-23+,27-26+,30-28+,33-31+,34-32+. The SMILES string of the molecule is CC/C=C/C=C/C=C/C=C/C=C/CCCC(=O)OCC(COCCC(C(=O)O)[N+](C)(C)C)OC(=O)CCCC/C=C/C/C=C/C/C=C/C/C=C/C/C=C/CCCCC. The monoisotopic (exact) mass is 805 g/mol. The first-order valence-electron chi connectivity index (χ1n) is 21.6. The Balaban J connectivity index is 4.56. The van der Waals surface area contributed by atoms with E-state index in [1.807, 2.05) is 75.8 Å². The maximum Gasteiger partial charge on any atom is 0.362 e. The summed E-state index contributed by atoms with van der Waals surface area (Å²) in [5.74, 6) is -1.64. The van der Waals surface area contributed by atoms with Crippen LogP contribution in [0.4, 0.5) is 0 Å². The summed E-state index contributed by atoms with van der Waals surface area (Å²) < 4.78 is 17.1. The molecule has 0 spiro atoms. The molecule has 2 unspecified atom stereocenters. The Morgan fingerprint density at radius 1 is 0.552 bits per heavy atom. The van der Waals surface area contributed by atoms with Gasteiger partial charge in [0.25, 0.3) is 0 Å². The summed E-state index contributed by atoms with van der Waals surface area (Å²) in [5, 5.41) is 9.61. The fraction of sp³-hybridized carbons (Fsp3) is 0.540. The topological polar surface area (TPSA) is 99.1 Å². The van der Waals surface area contributed by atoms with Crippen molar-refractivity contribution < 1.29 is 38.2 Å². The molecule has 8 heteroatoms. The van der Waals surface area contributed by atoms with Gasteiger partial charge in [-0.3, -0.25) is 9.59 Å². The molecule has 0 saturated heterocycles. The minimum atomic E-state index is -0.899. The van der Waals surface area contributed by atoms with Gasteiger partial charge in [-0.1, -0.05) is 148 Å². The largest absolute Gasteiger partial charge is 0.477 e. The molecule has 0 rings (SSSR count). The van der Waals surface area contributed by atoms with Crippen LogP contribution >= 0.6 is 0 Å². The number of carboxylic acids is 1. The third-order valence-electron chi connectivity index (χ3n) is 8.72. The predicted molar refractivity (Wildman–Crippen MR) is 242 cm³/mol. The van der Waals surface area contributed by atoms with Crippen LogP contribution in [0.3, 0.4) is 0 Å². The van der Waals surface area contributed by atoms with Gasteiger partial charge in [0.1, 0.15) is 6.61 Å². The molecule has 0 aliphatic carbocycles. The Hall–Kier alpha value is -4.27. The molecule has 0 aliphatic heterocycles. The zero-order valence-corrected chi connectivity index (χ0v) is 36.7. The molecule has 0 saturated carbocycles. The second-order valence-corrected chi connectivity index (χ2v) is 15.0. The fourth-order valence-corrected chi connectivity index (χ4v) is 5.37. The number of carbonyl (C=O) groups is 3. The summed E-state index contributed by atoms with van der Waals surface area (Å²) in [5.41, 5.74) is 0. The molecular weight excluding hydrogens is 727 g/mol. The van der Waals surface area contributed by atoms with Gasteiger partial charge in [0, 0.05) is 19.3 Å². The lowest BCUT2D eigenvalue weighted by molar-refractivity contribution is -0.887. The number of hydrogen-bond donors (Lipinski definition) is 1. The minimum absolute atomic E-state index is 0.0114. The van der Waals surface area contributed by atoms with Crippen LogP contribution in [-0.2, 0) is 28.6 Å². The Bertz CT molecular complexity index is 1350. The number of carboxylic acid groups (broad SMARTS) is 1. The molecule has 0 radical (unpaired) electrons. The third-order valence-corrected chi connectivity index (χ3v) is 8.72. The molecule has 2 atom stereocenters. The van der Waals surface area contributed by atoms with Gasteiger partial charge in [0.05, 0.1) is 34.4 Å². The first kappa shape index (κ1) is 53.7. The van der Waals surface area contributed by atoms with E-state index >= 15 is 0 Å². The maximum absolute atomic E-state index is 12.7. The van der Waals surface area contributed by atoms with Gasteiger partial charge >= 0.3 is 17.9 Å². The first-order chi connectivity index (χ1) is 28.1. The van der Waals surface area contributed by atoms with Gasteiger partial charge in [0.2, 0.25) is 0 Å². The number of aliphatic carboxylic acids is 1. The van der Waals surface area contributed by atoms with E-state index in [4.69, 9.17) is 14.2 Å². The molecule has 0 bridgehead atoms. The second kappa shape index (κ2) is 39.6. The number of rotatable bonds is 36. The van der Waals surface area contributed by atoms with Crippen molar-refractivity contribution in [2.75, 3.05) is 41.0 Å². The van der Waals surface area contributed by atoms with E-state index in [0.29, 0.717) is 19.3 Å². The van der Waals surface area contributed by atoms with Crippen molar-refractivity contribution in [3.63, 3.8) is 0 Å². The number of esters is 2. The lowest BCUT2D eigenvalue weighted by Gasteiger charge is -2.31. The molecule has 0 amide bonds. The van der Waals surface area contributed by atoms with Crippen molar-refractivity contribution in [2.45, 2.75) is 135 Å². The highest BCUT2D eigenvalue weighted by Crippen LogP contribution is 2.11. The summed E-state index contributed by atoms with van der Waals surface area (Å²) in [6.07, 6.45) is 55.5. The number of hydrogen-bond acceptors (Lipinski definition) is 6. The highest BCUT2D eigenvalue weighted by atomic mass is 16.6. The number of unbranched alkanes of at least 4 members (excludes halogenated alkanes) is 6. The fourth-order valence-electron chi connectivity index (χ4n) is 5.37. The lowest BCUT2D eigenvalue weighted by atomic mass is 10.1. The molecule has 0 aromatic rings. The van der Waals surface area contributed by atoms with Crippen molar-refractivity contribution in [3.05, 3.63) is 122 Å². The van der Waals surface area contributed by atoms with Crippen LogP contribution in [-0.4, -0.2) is 80.6 Å². The third kappa shape index (κ3) is 37.3. The van der Waals surface area contributed by atoms with Crippen LogP contribution in [0.5, 0.6) is 0 Å². The minimum Gasteiger partial charge on any atom is -0.477 e. The van der Waals surface area contributed by atoms with E-state index in [9.17, 15) is 19.5 Å². The lowest BCUT2D eigenvalue weighted by Crippen LogP contribution is -2.50. The van der Waals surface area contributed by atoms with E-state index in [-0.39, 0.29) is 49.1 Å². The second-order valence-electron chi connectivity index (χ2n) is 15.0. The molecule has 0 aromatic carbocycles. The molecule has 0 fully saturated rings. The maximum atomic E-state index is 12.7. The summed E-state index contributed by atoms with van der Waals surface area (Å²) in [6, 6.07) is -0.641. The number of nitrogens with zero attached hydrogens (tertiary/aromatic N) is 1. The molecule has 0 heterocycles. The van der Waals surface area contributed by atoms with Gasteiger partial charge in [0.15, 0.2) is 12.1 Å². The Kier molecular flexibility index (Phi) is 36.6. The number of carbonyl (C=O) groups excluding carboxylic acids is 2. The Morgan fingerprint density at radius 3 is 1.55 bits per heavy atom. The summed E-state index contributed by atoms with van der Waals surface area (Å²) in [7, 11) is 5.47. The van der Waals surface area contributed by atoms with Gasteiger partial charge in [-0.2, -0.15) is 0 Å². The Labute approximate surface area is 352 Å². The van der Waals surface area contributed by atoms with Crippen LogP contribution in [0, 0.1) is 0 Å². The Morgan fingerprint density at radius 2 is 1.03 bits per heavy atom. The molecular formula is C50H78NO7+. The number of allylic oxidation sites excluding steroid dienone is 20. The zero-order valence-electron chi connectivity index (χ0n) is 36.7. The predicted octanol–water partition coefficient (Wildman–Crippen LogP) is 11.9. The first-order valence-corrected chi connectivity index (χ1v) is 21.6. The molecule has 8 nitrogen and oxygen atoms in total. The van der Waals surface area contributed by atoms with E-state index in [1.54, 1.807) is 0 Å². The van der Waals surface area contributed by atoms with Crippen LogP contribution < -0.4 is 0 Å². The van der Waals surface area contributed by atoms with Gasteiger partial charge in [-0.05, 0) is 77.0 Å². The highest BCUT2D eigenvalue weighted by Gasteiger charge is 2.31. The average molecular weight is 805 g/mol. The van der Waals surface area contributed by atoms with Crippen LogP contribution in [0.15, 0.2) is 122 Å². The summed E-state index contributed by atoms with van der Waals surface area (Å²) in [6.45, 7) is 4.40. The van der Waals surface area contributed by atoms with E-state index < -0.39 is 18.1 Å². The number of likely N-dealkylation sites (N-methyl/N-ethyl adjacent to an activating group) is 1. The van der Waals surface area contributed by atoms with Gasteiger partial charge < -0.3 is 23.8 Å². The molecule has 58 heavy (non-hydrogen) atoms. The van der Waals surface area contributed by atoms with Crippen molar-refractivity contribution in [2.24, 2.45) is 0 Å². The molecule has 0 aliphatic rings. The van der Waals surface area contributed by atoms with Crippen LogP contribution in [0.1, 0.15) is 123 Å². The summed E-state index contributed by atoms with van der Waals surface area (Å²) in [4.78, 5) is 36.9. The van der Waals surface area contributed by atoms with Crippen LogP contribution in [0.2, 0.25) is 0 Å². The molecule has 1 N–H and O–H groups in total. The van der Waals surface area contributed by atoms with Crippen LogP contribution in [0.25, 0.3) is 0 Å². The number of quaternary nitrogens is 1. The van der Waals surface area contributed by atoms with Gasteiger partial charge in [-0.15, -0.1) is 0 Å². The average Bonchev–Trinajstić information content (AvgIpc) is 3.18. The van der Waals surface area contributed by atoms with Crippen molar-refractivity contribution >= 4 is 17.9 Å². The quantitative estimate of drug-likeness (QED) is 0.0221. The highest BCUT2D eigenvalue weighted by molar-refractivity contribution is 5.72. The summed E-state index contributed by atoms with van der Waals surface area (Å²) >= 11 is 0. The van der Waals surface area contributed by atoms with Crippen molar-refractivity contribution in [3.8, 4) is 0 Å². The normalized spacial score (nSPS) is 14.2. The van der Waals surface area contributed by atoms with E-state index in [2.05, 4.69) is 80.7 Å².